The second-order valence-electron chi connectivity index (χ2n) is 6.91. The number of anilines is 1. The monoisotopic (exact) mass is 309 g/mol. The van der Waals surface area contributed by atoms with Crippen LogP contribution in [0.4, 0.5) is 5.69 Å². The van der Waals surface area contributed by atoms with Gasteiger partial charge >= 0.3 is 0 Å². The smallest absolute Gasteiger partial charge is 0.163 e. The fraction of sp³-hybridized carbons (Fsp3) is 0.647. The second kappa shape index (κ2) is 5.96. The van der Waals surface area contributed by atoms with E-state index in [-0.39, 0.29) is 0 Å². The third kappa shape index (κ3) is 3.57. The number of benzene rings is 1. The predicted octanol–water partition coefficient (Wildman–Crippen LogP) is 4.88. The van der Waals surface area contributed by atoms with Gasteiger partial charge in [0.1, 0.15) is 13.2 Å². The van der Waals surface area contributed by atoms with Crippen LogP contribution in [-0.4, -0.2) is 19.3 Å². The van der Waals surface area contributed by atoms with E-state index in [1.54, 1.807) is 0 Å². The lowest BCUT2D eigenvalue weighted by molar-refractivity contribution is 0.171. The predicted molar refractivity (Wildman–Crippen MR) is 86.7 cm³/mol. The Morgan fingerprint density at radius 3 is 2.57 bits per heavy atom. The summed E-state index contributed by atoms with van der Waals surface area (Å²) in [7, 11) is 0. The largest absolute Gasteiger partial charge is 0.486 e. The molecular formula is C17H24ClNO2. The minimum atomic E-state index is 0.465. The average Bonchev–Trinajstić information content (AvgIpc) is 2.61. The Kier molecular flexibility index (Phi) is 4.21. The van der Waals surface area contributed by atoms with E-state index in [1.807, 2.05) is 12.1 Å². The summed E-state index contributed by atoms with van der Waals surface area (Å²) in [5, 5.41) is 4.32. The zero-order chi connectivity index (χ0) is 14.9. The summed E-state index contributed by atoms with van der Waals surface area (Å²) < 4.78 is 11.2. The maximum atomic E-state index is 6.38. The van der Waals surface area contributed by atoms with Crippen LogP contribution in [-0.2, 0) is 0 Å². The first-order valence-electron chi connectivity index (χ1n) is 7.89. The summed E-state index contributed by atoms with van der Waals surface area (Å²) in [6, 6.07) is 4.33. The fourth-order valence-electron chi connectivity index (χ4n) is 3.20. The third-order valence-electron chi connectivity index (χ3n) is 4.57. The first-order valence-corrected chi connectivity index (χ1v) is 8.27. The lowest BCUT2D eigenvalue weighted by Gasteiger charge is -2.24. The van der Waals surface area contributed by atoms with Crippen molar-refractivity contribution >= 4 is 17.3 Å². The number of nitrogens with one attached hydrogen (secondary N) is 1. The van der Waals surface area contributed by atoms with Crippen LogP contribution in [0.1, 0.15) is 46.0 Å². The van der Waals surface area contributed by atoms with Crippen molar-refractivity contribution in [3.05, 3.63) is 17.2 Å². The van der Waals surface area contributed by atoms with Crippen LogP contribution in [0.5, 0.6) is 11.5 Å². The average molecular weight is 310 g/mol. The Labute approximate surface area is 132 Å². The highest BCUT2D eigenvalue weighted by Crippen LogP contribution is 2.40. The summed E-state index contributed by atoms with van der Waals surface area (Å²) in [5.74, 6) is 1.54. The molecule has 0 spiro atoms. The first kappa shape index (κ1) is 14.8. The van der Waals surface area contributed by atoms with Crippen LogP contribution < -0.4 is 14.8 Å². The van der Waals surface area contributed by atoms with Gasteiger partial charge in [0.15, 0.2) is 11.5 Å². The zero-order valence-corrected chi connectivity index (χ0v) is 13.6. The van der Waals surface area contributed by atoms with Gasteiger partial charge in [-0.2, -0.15) is 0 Å². The van der Waals surface area contributed by atoms with Gasteiger partial charge in [-0.1, -0.05) is 31.9 Å². The molecule has 1 atom stereocenters. The van der Waals surface area contributed by atoms with Crippen molar-refractivity contribution < 1.29 is 9.47 Å². The van der Waals surface area contributed by atoms with Gasteiger partial charge in [0.25, 0.3) is 0 Å². The molecule has 1 aliphatic heterocycles. The molecule has 0 radical (unpaired) electrons. The van der Waals surface area contributed by atoms with Crippen molar-refractivity contribution in [3.63, 3.8) is 0 Å². The SMILES string of the molecule is CC1(C)CCCC(Nc2cc3c(cc2Cl)OCCO3)CC1. The van der Waals surface area contributed by atoms with Crippen molar-refractivity contribution in [2.24, 2.45) is 5.41 Å². The van der Waals surface area contributed by atoms with Crippen LogP contribution in [0.2, 0.25) is 5.02 Å². The summed E-state index contributed by atoms with van der Waals surface area (Å²) >= 11 is 6.38. The molecule has 116 valence electrons. The molecule has 1 unspecified atom stereocenters. The molecule has 0 saturated heterocycles. The summed E-state index contributed by atoms with van der Waals surface area (Å²) in [6.07, 6.45) is 6.23. The van der Waals surface area contributed by atoms with Crippen LogP contribution in [0.15, 0.2) is 12.1 Å². The highest BCUT2D eigenvalue weighted by molar-refractivity contribution is 6.33. The molecule has 0 aromatic heterocycles. The van der Waals surface area contributed by atoms with Crippen LogP contribution >= 0.6 is 11.6 Å². The van der Waals surface area contributed by atoms with Crippen molar-refractivity contribution in [2.45, 2.75) is 52.0 Å². The lowest BCUT2D eigenvalue weighted by atomic mass is 9.85. The summed E-state index contributed by atoms with van der Waals surface area (Å²) in [6.45, 7) is 5.93. The molecule has 4 heteroatoms. The topological polar surface area (TPSA) is 30.5 Å². The van der Waals surface area contributed by atoms with Crippen LogP contribution in [0.25, 0.3) is 0 Å². The molecule has 0 bridgehead atoms. The van der Waals surface area contributed by atoms with E-state index in [0.717, 1.165) is 17.2 Å². The molecule has 1 heterocycles. The molecule has 2 aliphatic rings. The molecule has 21 heavy (non-hydrogen) atoms. The lowest BCUT2D eigenvalue weighted by Crippen LogP contribution is -2.20. The highest BCUT2D eigenvalue weighted by Gasteiger charge is 2.25. The fourth-order valence-corrected chi connectivity index (χ4v) is 3.41. The van der Waals surface area contributed by atoms with Gasteiger partial charge in [0.2, 0.25) is 0 Å². The number of rotatable bonds is 2. The normalized spacial score (nSPS) is 24.2. The summed E-state index contributed by atoms with van der Waals surface area (Å²) in [4.78, 5) is 0. The van der Waals surface area contributed by atoms with Crippen LogP contribution in [0, 0.1) is 5.41 Å². The van der Waals surface area contributed by atoms with Crippen LogP contribution in [0.3, 0.4) is 0 Å². The Hall–Kier alpha value is -1.09. The van der Waals surface area contributed by atoms with Gasteiger partial charge in [-0.3, -0.25) is 0 Å². The number of ether oxygens (including phenoxy) is 2. The first-order chi connectivity index (χ1) is 10.0. The Morgan fingerprint density at radius 2 is 1.81 bits per heavy atom. The molecule has 1 fully saturated rings. The quantitative estimate of drug-likeness (QED) is 0.790. The molecule has 3 nitrogen and oxygen atoms in total. The van der Waals surface area contributed by atoms with Gasteiger partial charge in [-0.15, -0.1) is 0 Å². The molecule has 1 aromatic rings. The molecular weight excluding hydrogens is 286 g/mol. The number of hydrogen-bond donors (Lipinski definition) is 1. The highest BCUT2D eigenvalue weighted by atomic mass is 35.5. The van der Waals surface area contributed by atoms with Gasteiger partial charge in [-0.25, -0.2) is 0 Å². The molecule has 1 aromatic carbocycles. The molecule has 1 saturated carbocycles. The minimum Gasteiger partial charge on any atom is -0.486 e. The molecule has 1 N–H and O–H groups in total. The maximum Gasteiger partial charge on any atom is 0.163 e. The van der Waals surface area contributed by atoms with E-state index >= 15 is 0 Å². The van der Waals surface area contributed by atoms with E-state index in [2.05, 4.69) is 19.2 Å². The van der Waals surface area contributed by atoms with Gasteiger partial charge in [-0.05, 0) is 31.1 Å². The molecule has 3 rings (SSSR count). The third-order valence-corrected chi connectivity index (χ3v) is 4.88. The van der Waals surface area contributed by atoms with Gasteiger partial charge in [0, 0.05) is 18.2 Å². The standard InChI is InChI=1S/C17H24ClNO2/c1-17(2)6-3-4-12(5-7-17)19-14-11-16-15(10-13(14)18)20-8-9-21-16/h10-12,19H,3-9H2,1-2H3. The van der Waals surface area contributed by atoms with Gasteiger partial charge < -0.3 is 14.8 Å². The number of hydrogen-bond acceptors (Lipinski definition) is 3. The van der Waals surface area contributed by atoms with Gasteiger partial charge in [0.05, 0.1) is 10.7 Å². The number of fused-ring (bicyclic) bond motifs is 1. The van der Waals surface area contributed by atoms with E-state index in [4.69, 9.17) is 21.1 Å². The van der Waals surface area contributed by atoms with E-state index in [9.17, 15) is 0 Å². The molecule has 1 aliphatic carbocycles. The van der Waals surface area contributed by atoms with E-state index in [1.165, 1.54) is 32.1 Å². The van der Waals surface area contributed by atoms with E-state index < -0.39 is 0 Å². The maximum absolute atomic E-state index is 6.38. The number of halogens is 1. The molecule has 0 amide bonds. The Balaban J connectivity index is 1.72. The second-order valence-corrected chi connectivity index (χ2v) is 7.32. The van der Waals surface area contributed by atoms with Crippen molar-refractivity contribution in [3.8, 4) is 11.5 Å². The van der Waals surface area contributed by atoms with E-state index in [0.29, 0.717) is 29.7 Å². The zero-order valence-electron chi connectivity index (χ0n) is 12.9. The van der Waals surface area contributed by atoms with Crippen molar-refractivity contribution in [1.29, 1.82) is 0 Å². The summed E-state index contributed by atoms with van der Waals surface area (Å²) in [5.41, 5.74) is 1.43. The van der Waals surface area contributed by atoms with Crippen molar-refractivity contribution in [2.75, 3.05) is 18.5 Å². The Morgan fingerprint density at radius 1 is 1.10 bits per heavy atom. The Bertz CT molecular complexity index is 516. The minimum absolute atomic E-state index is 0.465. The van der Waals surface area contributed by atoms with Crippen molar-refractivity contribution in [1.82, 2.24) is 0 Å².